The van der Waals surface area contributed by atoms with Crippen LogP contribution in [0, 0.1) is 12.3 Å². The number of hydrogen-bond donors (Lipinski definition) is 4. The number of nitrogens with two attached hydrogens (primary N) is 1. The fraction of sp³-hybridized carbons (Fsp3) is 0.548. The number of amides is 3. The third-order valence-electron chi connectivity index (χ3n) is 7.60. The summed E-state index contributed by atoms with van der Waals surface area (Å²) in [5.41, 5.74) is 10.2. The molecule has 3 aromatic rings. The first kappa shape index (κ1) is 34.2. The second-order valence-electron chi connectivity index (χ2n) is 12.4. The fourth-order valence-corrected chi connectivity index (χ4v) is 6.00. The first-order valence-electron chi connectivity index (χ1n) is 15.2. The van der Waals surface area contributed by atoms with E-state index in [-0.39, 0.29) is 37.7 Å². The number of nitrogens with one attached hydrogen (secondary N) is 2. The Morgan fingerprint density at radius 3 is 2.64 bits per heavy atom. The summed E-state index contributed by atoms with van der Waals surface area (Å²) in [5.74, 6) is -1.02. The molecule has 4 rings (SSSR count). The molecule has 5 N–H and O–H groups in total. The molecule has 0 radical (unpaired) electrons. The summed E-state index contributed by atoms with van der Waals surface area (Å²) in [6.07, 6.45) is 1.71. The molecule has 0 unspecified atom stereocenters. The second-order valence-corrected chi connectivity index (χ2v) is 13.2. The zero-order valence-electron chi connectivity index (χ0n) is 26.4. The molecule has 244 valence electrons. The van der Waals surface area contributed by atoms with E-state index >= 15 is 0 Å². The number of aromatic nitrogens is 4. The van der Waals surface area contributed by atoms with Crippen LogP contribution in [0.15, 0.2) is 36.0 Å². The Labute approximate surface area is 267 Å². The molecule has 1 fully saturated rings. The van der Waals surface area contributed by atoms with Gasteiger partial charge in [-0.05, 0) is 29.9 Å². The number of carbonyl (C=O) groups excluding carboxylic acids is 3. The van der Waals surface area contributed by atoms with Gasteiger partial charge in [0, 0.05) is 39.0 Å². The minimum absolute atomic E-state index is 0.0197. The lowest BCUT2D eigenvalue weighted by Gasteiger charge is -2.35. The average Bonchev–Trinajstić information content (AvgIpc) is 3.74. The predicted octanol–water partition coefficient (Wildman–Crippen LogP) is 1.77. The van der Waals surface area contributed by atoms with Gasteiger partial charge in [-0.3, -0.25) is 19.1 Å². The van der Waals surface area contributed by atoms with Crippen LogP contribution in [0.4, 0.5) is 0 Å². The number of β-amino-alcohol motifs (C(OH)–C–C–N with tert-alkyl or cyclic N) is 1. The molecular weight excluding hydrogens is 596 g/mol. The number of benzene rings is 1. The summed E-state index contributed by atoms with van der Waals surface area (Å²) in [4.78, 5) is 46.9. The molecule has 1 aliphatic rings. The number of thiazole rings is 1. The Kier molecular flexibility index (Phi) is 11.8. The molecule has 3 atom stereocenters. The van der Waals surface area contributed by atoms with Gasteiger partial charge in [-0.15, -0.1) is 16.4 Å². The number of aliphatic hydroxyl groups is 1. The van der Waals surface area contributed by atoms with Gasteiger partial charge in [0.1, 0.15) is 17.8 Å². The molecule has 3 heterocycles. The predicted molar refractivity (Wildman–Crippen MR) is 170 cm³/mol. The van der Waals surface area contributed by atoms with Gasteiger partial charge in [-0.1, -0.05) is 50.3 Å². The maximum Gasteiger partial charge on any atom is 0.246 e. The Morgan fingerprint density at radius 1 is 1.22 bits per heavy atom. The van der Waals surface area contributed by atoms with E-state index in [0.717, 1.165) is 21.7 Å². The highest BCUT2D eigenvalue weighted by Gasteiger charge is 2.44. The Balaban J connectivity index is 1.31. The molecule has 2 aromatic heterocycles. The molecule has 1 aromatic carbocycles. The lowest BCUT2D eigenvalue weighted by molar-refractivity contribution is -0.144. The molecular formula is C31H44N8O5S. The van der Waals surface area contributed by atoms with Gasteiger partial charge in [0.25, 0.3) is 0 Å². The Hall–Kier alpha value is -3.72. The van der Waals surface area contributed by atoms with Crippen molar-refractivity contribution in [1.29, 1.82) is 0 Å². The lowest BCUT2D eigenvalue weighted by Crippen LogP contribution is -2.57. The van der Waals surface area contributed by atoms with Gasteiger partial charge < -0.3 is 31.1 Å². The van der Waals surface area contributed by atoms with Crippen molar-refractivity contribution in [1.82, 2.24) is 35.5 Å². The molecule has 0 spiro atoms. The number of rotatable bonds is 14. The summed E-state index contributed by atoms with van der Waals surface area (Å²) in [6.45, 7) is 9.50. The smallest absolute Gasteiger partial charge is 0.246 e. The maximum atomic E-state index is 13.8. The van der Waals surface area contributed by atoms with Crippen molar-refractivity contribution in [2.24, 2.45) is 11.1 Å². The van der Waals surface area contributed by atoms with Gasteiger partial charge in [0.15, 0.2) is 0 Å². The number of aryl methyl sites for hydroxylation is 2. The minimum Gasteiger partial charge on any atom is -0.391 e. The third-order valence-corrected chi connectivity index (χ3v) is 8.58. The summed E-state index contributed by atoms with van der Waals surface area (Å²) in [6, 6.07) is 6.17. The maximum absolute atomic E-state index is 13.8. The van der Waals surface area contributed by atoms with Gasteiger partial charge in [-0.2, -0.15) is 0 Å². The van der Waals surface area contributed by atoms with Crippen molar-refractivity contribution in [2.75, 3.05) is 19.7 Å². The van der Waals surface area contributed by atoms with Crippen molar-refractivity contribution >= 4 is 29.1 Å². The second kappa shape index (κ2) is 15.5. The number of hydrogen-bond acceptors (Lipinski definition) is 10. The molecule has 0 saturated carbocycles. The highest BCUT2D eigenvalue weighted by Crippen LogP contribution is 2.28. The molecule has 1 aliphatic heterocycles. The quantitative estimate of drug-likeness (QED) is 0.191. The van der Waals surface area contributed by atoms with Crippen molar-refractivity contribution in [3.05, 3.63) is 52.9 Å². The number of carbonyl (C=O) groups is 3. The van der Waals surface area contributed by atoms with E-state index in [0.29, 0.717) is 38.4 Å². The zero-order chi connectivity index (χ0) is 32.6. The summed E-state index contributed by atoms with van der Waals surface area (Å²) >= 11 is 1.58. The third kappa shape index (κ3) is 9.39. The van der Waals surface area contributed by atoms with Crippen LogP contribution in [0.5, 0.6) is 0 Å². The van der Waals surface area contributed by atoms with Crippen LogP contribution in [0.25, 0.3) is 10.4 Å². The van der Waals surface area contributed by atoms with Crippen LogP contribution < -0.4 is 16.4 Å². The first-order chi connectivity index (χ1) is 21.5. The average molecular weight is 641 g/mol. The van der Waals surface area contributed by atoms with Crippen LogP contribution >= 0.6 is 11.3 Å². The van der Waals surface area contributed by atoms with Gasteiger partial charge in [-0.25, -0.2) is 4.98 Å². The number of aliphatic hydroxyl groups excluding tert-OH is 1. The van der Waals surface area contributed by atoms with Gasteiger partial charge in [0.05, 0.1) is 41.6 Å². The first-order valence-corrected chi connectivity index (χ1v) is 16.1. The Bertz CT molecular complexity index is 1430. The summed E-state index contributed by atoms with van der Waals surface area (Å²) < 4.78 is 7.01. The van der Waals surface area contributed by atoms with E-state index in [1.54, 1.807) is 22.2 Å². The number of nitrogens with zero attached hydrogens (tertiary/aromatic N) is 5. The fourth-order valence-electron chi connectivity index (χ4n) is 5.19. The molecule has 14 heteroatoms. The molecule has 45 heavy (non-hydrogen) atoms. The van der Waals surface area contributed by atoms with Crippen molar-refractivity contribution in [3.8, 4) is 10.4 Å². The minimum atomic E-state index is -0.883. The molecule has 0 bridgehead atoms. The van der Waals surface area contributed by atoms with Crippen molar-refractivity contribution in [3.63, 3.8) is 0 Å². The number of likely N-dealkylation sites (tertiary alicyclic amines) is 1. The standard InChI is InChI=1S/C31H44N8O5S/c1-20-27(45-19-34-20)22-9-7-21(8-10-22)15-33-29(42)25-14-24(40)17-39(25)30(43)28(31(2,3)4)35-26(41)6-5-12-38-16-23(36-37-38)18-44-13-11-32/h7-10,16,19,24-25,28,40H,5-6,11-15,17-18,32H2,1-4H3,(H,33,42)(H,35,41)/t24-,25+,28-/m1/s1. The van der Waals surface area contributed by atoms with Crippen molar-refractivity contribution in [2.45, 2.75) is 84.8 Å². The van der Waals surface area contributed by atoms with Crippen LogP contribution in [0.3, 0.4) is 0 Å². The number of ether oxygens (including phenoxy) is 1. The highest BCUT2D eigenvalue weighted by molar-refractivity contribution is 7.13. The van der Waals surface area contributed by atoms with E-state index < -0.39 is 29.5 Å². The van der Waals surface area contributed by atoms with Crippen LogP contribution in [-0.4, -0.2) is 85.6 Å². The summed E-state index contributed by atoms with van der Waals surface area (Å²) in [5, 5.41) is 24.4. The Morgan fingerprint density at radius 2 is 1.98 bits per heavy atom. The van der Waals surface area contributed by atoms with Gasteiger partial charge >= 0.3 is 0 Å². The van der Waals surface area contributed by atoms with E-state index in [4.69, 9.17) is 10.5 Å². The molecule has 0 aliphatic carbocycles. The van der Waals surface area contributed by atoms with Crippen LogP contribution in [-0.2, 0) is 38.8 Å². The van der Waals surface area contributed by atoms with Gasteiger partial charge in [0.2, 0.25) is 17.7 Å². The largest absolute Gasteiger partial charge is 0.391 e. The molecule has 3 amide bonds. The van der Waals surface area contributed by atoms with E-state index in [2.05, 4.69) is 25.9 Å². The van der Waals surface area contributed by atoms with E-state index in [1.165, 1.54) is 4.90 Å². The SMILES string of the molecule is Cc1ncsc1-c1ccc(CNC(=O)[C@@H]2C[C@@H](O)CN2C(=O)[C@@H](NC(=O)CCCn2cc(COCCN)nn2)C(C)(C)C)cc1. The van der Waals surface area contributed by atoms with Crippen LogP contribution in [0.2, 0.25) is 0 Å². The summed E-state index contributed by atoms with van der Waals surface area (Å²) in [7, 11) is 0. The lowest BCUT2D eigenvalue weighted by atomic mass is 9.85. The van der Waals surface area contributed by atoms with Crippen LogP contribution in [0.1, 0.15) is 57.0 Å². The monoisotopic (exact) mass is 640 g/mol. The van der Waals surface area contributed by atoms with E-state index in [1.807, 2.05) is 57.5 Å². The molecule has 1 saturated heterocycles. The topological polar surface area (TPSA) is 178 Å². The molecule has 13 nitrogen and oxygen atoms in total. The highest BCUT2D eigenvalue weighted by atomic mass is 32.1. The zero-order valence-corrected chi connectivity index (χ0v) is 27.2. The van der Waals surface area contributed by atoms with Crippen molar-refractivity contribution < 1.29 is 24.2 Å². The normalized spacial score (nSPS) is 17.3. The van der Waals surface area contributed by atoms with E-state index in [9.17, 15) is 19.5 Å².